The van der Waals surface area contributed by atoms with E-state index in [4.69, 9.17) is 22.1 Å². The third-order valence-electron chi connectivity index (χ3n) is 4.60. The van der Waals surface area contributed by atoms with Crippen molar-refractivity contribution in [2.45, 2.75) is 0 Å². The molecule has 2 aromatic carbocycles. The predicted octanol–water partition coefficient (Wildman–Crippen LogP) is 3.37. The zero-order valence-electron chi connectivity index (χ0n) is 14.6. The van der Waals surface area contributed by atoms with E-state index in [1.54, 1.807) is 36.4 Å². The molecular weight excluding hydrogens is 380 g/mol. The van der Waals surface area contributed by atoms with Crippen molar-refractivity contribution in [2.24, 2.45) is 0 Å². The van der Waals surface area contributed by atoms with Gasteiger partial charge in [0.2, 0.25) is 0 Å². The second kappa shape index (κ2) is 6.44. The monoisotopic (exact) mass is 392 g/mol. The van der Waals surface area contributed by atoms with Crippen LogP contribution in [-0.4, -0.2) is 22.6 Å². The number of aromatic amines is 1. The van der Waals surface area contributed by atoms with Gasteiger partial charge in [0, 0.05) is 17.0 Å². The van der Waals surface area contributed by atoms with Gasteiger partial charge >= 0.3 is 5.97 Å². The lowest BCUT2D eigenvalue weighted by Gasteiger charge is -2.12. The smallest absolute Gasteiger partial charge is 0.357 e. The SMILES string of the molecule is COC(=O)c1c(N)c(C#N)cn1-c1cccc2c(=O)c3cccc(Cl)c3[nH]c12. The summed E-state index contributed by atoms with van der Waals surface area (Å²) in [6.45, 7) is 0. The number of hydrogen-bond acceptors (Lipinski definition) is 5. The van der Waals surface area contributed by atoms with E-state index < -0.39 is 5.97 Å². The molecule has 0 fully saturated rings. The number of methoxy groups -OCH3 is 1. The lowest BCUT2D eigenvalue weighted by atomic mass is 10.1. The Morgan fingerprint density at radius 3 is 2.57 bits per heavy atom. The second-order valence-electron chi connectivity index (χ2n) is 6.09. The zero-order chi connectivity index (χ0) is 20.0. The first-order valence-electron chi connectivity index (χ1n) is 8.20. The Kier molecular flexibility index (Phi) is 4.06. The van der Waals surface area contributed by atoms with Crippen LogP contribution in [0.2, 0.25) is 5.02 Å². The Balaban J connectivity index is 2.16. The number of pyridine rings is 1. The molecule has 0 saturated carbocycles. The number of carbonyl (C=O) groups excluding carboxylic acids is 1. The molecule has 8 heteroatoms. The fraction of sp³-hybridized carbons (Fsp3) is 0.0500. The third-order valence-corrected chi connectivity index (χ3v) is 4.91. The molecule has 0 bridgehead atoms. The van der Waals surface area contributed by atoms with Crippen LogP contribution < -0.4 is 11.2 Å². The van der Waals surface area contributed by atoms with E-state index in [0.717, 1.165) is 0 Å². The van der Waals surface area contributed by atoms with Crippen molar-refractivity contribution in [3.05, 3.63) is 69.1 Å². The summed E-state index contributed by atoms with van der Waals surface area (Å²) >= 11 is 6.27. The fourth-order valence-corrected chi connectivity index (χ4v) is 3.50. The minimum atomic E-state index is -0.697. The molecule has 3 N–H and O–H groups in total. The number of carbonyl (C=O) groups is 1. The summed E-state index contributed by atoms with van der Waals surface area (Å²) in [6.07, 6.45) is 1.44. The van der Waals surface area contributed by atoms with Gasteiger partial charge in [0.05, 0.1) is 40.1 Å². The number of nitriles is 1. The molecule has 0 saturated heterocycles. The van der Waals surface area contributed by atoms with Crippen molar-refractivity contribution in [1.82, 2.24) is 9.55 Å². The molecule has 0 aliphatic heterocycles. The minimum Gasteiger partial charge on any atom is -0.464 e. The number of para-hydroxylation sites is 2. The van der Waals surface area contributed by atoms with E-state index >= 15 is 0 Å². The normalized spacial score (nSPS) is 10.9. The average molecular weight is 393 g/mol. The molecule has 28 heavy (non-hydrogen) atoms. The number of nitrogens with zero attached hydrogens (tertiary/aromatic N) is 2. The molecule has 4 aromatic rings. The number of hydrogen-bond donors (Lipinski definition) is 2. The molecular formula is C20H13ClN4O3. The number of esters is 1. The third kappa shape index (κ3) is 2.43. The molecule has 4 rings (SSSR count). The number of rotatable bonds is 2. The van der Waals surface area contributed by atoms with Crippen molar-refractivity contribution >= 4 is 45.1 Å². The maximum Gasteiger partial charge on any atom is 0.357 e. The fourth-order valence-electron chi connectivity index (χ4n) is 3.28. The zero-order valence-corrected chi connectivity index (χ0v) is 15.4. The van der Waals surface area contributed by atoms with Gasteiger partial charge in [-0.2, -0.15) is 5.26 Å². The highest BCUT2D eigenvalue weighted by molar-refractivity contribution is 6.35. The predicted molar refractivity (Wildman–Crippen MR) is 107 cm³/mol. The number of anilines is 1. The van der Waals surface area contributed by atoms with Crippen LogP contribution in [0, 0.1) is 11.3 Å². The van der Waals surface area contributed by atoms with Gasteiger partial charge in [-0.3, -0.25) is 4.79 Å². The van der Waals surface area contributed by atoms with Gasteiger partial charge in [-0.15, -0.1) is 0 Å². The van der Waals surface area contributed by atoms with Crippen molar-refractivity contribution < 1.29 is 9.53 Å². The van der Waals surface area contributed by atoms with Crippen molar-refractivity contribution in [1.29, 1.82) is 5.26 Å². The first kappa shape index (κ1) is 17.6. The Hall–Kier alpha value is -3.76. The number of ether oxygens (including phenoxy) is 1. The van der Waals surface area contributed by atoms with Crippen LogP contribution in [0.4, 0.5) is 5.69 Å². The molecule has 0 aliphatic rings. The quantitative estimate of drug-likeness (QED) is 0.401. The molecule has 0 spiro atoms. The van der Waals surface area contributed by atoms with Crippen LogP contribution in [0.5, 0.6) is 0 Å². The summed E-state index contributed by atoms with van der Waals surface area (Å²) in [7, 11) is 1.23. The number of benzene rings is 2. The molecule has 0 unspecified atom stereocenters. The molecule has 2 aromatic heterocycles. The number of fused-ring (bicyclic) bond motifs is 2. The summed E-state index contributed by atoms with van der Waals surface area (Å²) in [6, 6.07) is 12.1. The highest BCUT2D eigenvalue weighted by Gasteiger charge is 2.23. The topological polar surface area (TPSA) is 114 Å². The van der Waals surface area contributed by atoms with Crippen molar-refractivity contribution in [3.8, 4) is 11.8 Å². The Morgan fingerprint density at radius 2 is 1.89 bits per heavy atom. The second-order valence-corrected chi connectivity index (χ2v) is 6.50. The number of nitrogens with two attached hydrogens (primary N) is 1. The standard InChI is InChI=1S/C20H13ClN4O3/c1-28-20(27)18-15(23)10(8-22)9-25(18)14-7-3-5-12-17(14)24-16-11(19(12)26)4-2-6-13(16)21/h2-7,9H,23H2,1H3,(H,24,26). The highest BCUT2D eigenvalue weighted by Crippen LogP contribution is 2.29. The van der Waals surface area contributed by atoms with Gasteiger partial charge < -0.3 is 20.0 Å². The molecule has 2 heterocycles. The maximum absolute atomic E-state index is 13.0. The van der Waals surface area contributed by atoms with E-state index in [1.807, 2.05) is 6.07 Å². The number of halogens is 1. The largest absolute Gasteiger partial charge is 0.464 e. The van der Waals surface area contributed by atoms with Gasteiger partial charge in [-0.1, -0.05) is 23.7 Å². The van der Waals surface area contributed by atoms with E-state index in [2.05, 4.69) is 4.98 Å². The van der Waals surface area contributed by atoms with Gasteiger partial charge in [0.1, 0.15) is 6.07 Å². The summed E-state index contributed by atoms with van der Waals surface area (Å²) in [5.41, 5.74) is 7.32. The van der Waals surface area contributed by atoms with Crippen LogP contribution >= 0.6 is 11.6 Å². The van der Waals surface area contributed by atoms with Gasteiger partial charge in [-0.05, 0) is 24.3 Å². The molecule has 0 atom stereocenters. The molecule has 7 nitrogen and oxygen atoms in total. The Morgan fingerprint density at radius 1 is 1.21 bits per heavy atom. The van der Waals surface area contributed by atoms with Crippen LogP contribution in [0.3, 0.4) is 0 Å². The van der Waals surface area contributed by atoms with E-state index in [0.29, 0.717) is 32.5 Å². The minimum absolute atomic E-state index is 0.00616. The molecule has 138 valence electrons. The Bertz CT molecular complexity index is 1380. The van der Waals surface area contributed by atoms with E-state index in [1.165, 1.54) is 17.9 Å². The number of H-pyrrole nitrogens is 1. The molecule has 0 amide bonds. The van der Waals surface area contributed by atoms with Crippen molar-refractivity contribution in [3.63, 3.8) is 0 Å². The summed E-state index contributed by atoms with van der Waals surface area (Å²) in [4.78, 5) is 28.5. The van der Waals surface area contributed by atoms with Crippen LogP contribution in [0.25, 0.3) is 27.5 Å². The average Bonchev–Trinajstić information content (AvgIpc) is 3.04. The van der Waals surface area contributed by atoms with Gasteiger partial charge in [-0.25, -0.2) is 4.79 Å². The summed E-state index contributed by atoms with van der Waals surface area (Å²) in [5, 5.41) is 10.6. The van der Waals surface area contributed by atoms with E-state index in [-0.39, 0.29) is 22.4 Å². The highest BCUT2D eigenvalue weighted by atomic mass is 35.5. The van der Waals surface area contributed by atoms with Crippen LogP contribution in [0.1, 0.15) is 16.1 Å². The van der Waals surface area contributed by atoms with Crippen molar-refractivity contribution in [2.75, 3.05) is 12.8 Å². The summed E-state index contributed by atoms with van der Waals surface area (Å²) < 4.78 is 6.27. The lowest BCUT2D eigenvalue weighted by Crippen LogP contribution is -2.12. The maximum atomic E-state index is 13.0. The van der Waals surface area contributed by atoms with Gasteiger partial charge in [0.15, 0.2) is 11.1 Å². The number of nitrogen functional groups attached to an aromatic ring is 1. The first-order valence-corrected chi connectivity index (χ1v) is 8.58. The van der Waals surface area contributed by atoms with Crippen LogP contribution in [0.15, 0.2) is 47.4 Å². The number of aromatic nitrogens is 2. The van der Waals surface area contributed by atoms with Gasteiger partial charge in [0.25, 0.3) is 0 Å². The molecule has 0 aliphatic carbocycles. The van der Waals surface area contributed by atoms with Crippen LogP contribution in [-0.2, 0) is 4.74 Å². The first-order chi connectivity index (χ1) is 13.5. The Labute approximate surface area is 163 Å². The number of nitrogens with one attached hydrogen (secondary N) is 1. The lowest BCUT2D eigenvalue weighted by molar-refractivity contribution is 0.0593. The summed E-state index contributed by atoms with van der Waals surface area (Å²) in [5.74, 6) is -0.697. The van der Waals surface area contributed by atoms with E-state index in [9.17, 15) is 14.9 Å². The molecule has 0 radical (unpaired) electrons.